The molecule has 6 nitrogen and oxygen atoms in total. The van der Waals surface area contributed by atoms with Gasteiger partial charge < -0.3 is 19.3 Å². The third kappa shape index (κ3) is 5.29. The number of aryl methyl sites for hydroxylation is 2. The molecule has 34 heavy (non-hydrogen) atoms. The molecule has 0 saturated carbocycles. The molecule has 3 aromatic carbocycles. The number of amides is 1. The fourth-order valence-corrected chi connectivity index (χ4v) is 3.83. The third-order valence-electron chi connectivity index (χ3n) is 5.79. The molecule has 1 N–H and O–H groups in total. The van der Waals surface area contributed by atoms with E-state index in [0.717, 1.165) is 50.8 Å². The number of carbonyl (C=O) groups is 1. The molecule has 174 valence electrons. The summed E-state index contributed by atoms with van der Waals surface area (Å²) in [5.74, 6) is 2.23. The zero-order valence-corrected chi connectivity index (χ0v) is 19.8. The predicted octanol–water partition coefficient (Wildman–Crippen LogP) is 5.77. The van der Waals surface area contributed by atoms with E-state index < -0.39 is 0 Å². The van der Waals surface area contributed by atoms with Gasteiger partial charge >= 0.3 is 0 Å². The van der Waals surface area contributed by atoms with Gasteiger partial charge in [-0.1, -0.05) is 53.7 Å². The molecule has 1 amide bonds. The van der Waals surface area contributed by atoms with Crippen molar-refractivity contribution in [2.24, 2.45) is 0 Å². The fourth-order valence-electron chi connectivity index (χ4n) is 3.83. The molecule has 0 bridgehead atoms. The Kier molecular flexibility index (Phi) is 6.97. The second kappa shape index (κ2) is 10.3. The van der Waals surface area contributed by atoms with Crippen LogP contribution in [0, 0.1) is 13.8 Å². The van der Waals surface area contributed by atoms with Crippen LogP contribution in [-0.4, -0.2) is 18.2 Å². The Labute approximate surface area is 199 Å². The second-order valence-electron chi connectivity index (χ2n) is 8.14. The van der Waals surface area contributed by atoms with Crippen LogP contribution in [0.5, 0.6) is 11.5 Å². The van der Waals surface area contributed by atoms with Crippen LogP contribution in [0.15, 0.2) is 77.3 Å². The number of rotatable bonds is 8. The Morgan fingerprint density at radius 1 is 0.882 bits per heavy atom. The van der Waals surface area contributed by atoms with Crippen LogP contribution >= 0.6 is 0 Å². The van der Waals surface area contributed by atoms with Crippen LogP contribution in [0.4, 0.5) is 0 Å². The van der Waals surface area contributed by atoms with Crippen molar-refractivity contribution in [3.05, 3.63) is 101 Å². The summed E-state index contributed by atoms with van der Waals surface area (Å²) in [6.07, 6.45) is 0. The minimum atomic E-state index is -0.265. The van der Waals surface area contributed by atoms with Gasteiger partial charge in [0, 0.05) is 6.92 Å². The fraction of sp³-hybridized carbons (Fsp3) is 0.214. The third-order valence-corrected chi connectivity index (χ3v) is 5.79. The molecule has 0 aliphatic heterocycles. The van der Waals surface area contributed by atoms with Gasteiger partial charge in [0.05, 0.1) is 24.4 Å². The van der Waals surface area contributed by atoms with E-state index in [9.17, 15) is 4.79 Å². The number of methoxy groups -OCH3 is 1. The van der Waals surface area contributed by atoms with Crippen LogP contribution in [-0.2, 0) is 11.4 Å². The van der Waals surface area contributed by atoms with Crippen LogP contribution < -0.4 is 14.8 Å². The Balaban J connectivity index is 1.51. The number of hydrogen-bond donors (Lipinski definition) is 1. The van der Waals surface area contributed by atoms with Gasteiger partial charge in [-0.15, -0.1) is 0 Å². The summed E-state index contributed by atoms with van der Waals surface area (Å²) in [4.78, 5) is 12.0. The number of nitrogens with one attached hydrogen (secondary N) is 1. The second-order valence-corrected chi connectivity index (χ2v) is 8.14. The first-order valence-corrected chi connectivity index (χ1v) is 11.1. The van der Waals surface area contributed by atoms with Gasteiger partial charge in [-0.25, -0.2) is 0 Å². The van der Waals surface area contributed by atoms with Crippen molar-refractivity contribution in [1.29, 1.82) is 0 Å². The highest BCUT2D eigenvalue weighted by Crippen LogP contribution is 2.28. The highest BCUT2D eigenvalue weighted by Gasteiger charge is 2.16. The topological polar surface area (TPSA) is 73.6 Å². The minimum absolute atomic E-state index is 0.0945. The molecular formula is C28H28N2O4. The van der Waals surface area contributed by atoms with E-state index in [-0.39, 0.29) is 11.9 Å². The first-order valence-electron chi connectivity index (χ1n) is 11.1. The smallest absolute Gasteiger partial charge is 0.217 e. The lowest BCUT2D eigenvalue weighted by molar-refractivity contribution is -0.119. The van der Waals surface area contributed by atoms with E-state index in [1.165, 1.54) is 6.92 Å². The first kappa shape index (κ1) is 23.1. The molecule has 0 fully saturated rings. The summed E-state index contributed by atoms with van der Waals surface area (Å²) in [5.41, 5.74) is 5.95. The number of carbonyl (C=O) groups excluding carboxylic acids is 1. The lowest BCUT2D eigenvalue weighted by atomic mass is 9.96. The first-order chi connectivity index (χ1) is 16.4. The zero-order chi connectivity index (χ0) is 24.1. The zero-order valence-electron chi connectivity index (χ0n) is 19.8. The number of ether oxygens (including phenoxy) is 2. The van der Waals surface area contributed by atoms with Crippen LogP contribution in [0.3, 0.4) is 0 Å². The van der Waals surface area contributed by atoms with Crippen molar-refractivity contribution in [2.45, 2.75) is 33.4 Å². The monoisotopic (exact) mass is 456 g/mol. The quantitative estimate of drug-likeness (QED) is 0.364. The van der Waals surface area contributed by atoms with E-state index in [0.29, 0.717) is 6.61 Å². The summed E-state index contributed by atoms with van der Waals surface area (Å²) < 4.78 is 16.3. The van der Waals surface area contributed by atoms with Gasteiger partial charge in [0.25, 0.3) is 0 Å². The van der Waals surface area contributed by atoms with Crippen molar-refractivity contribution in [2.75, 3.05) is 7.11 Å². The number of nitrogens with zero attached hydrogens (tertiary/aromatic N) is 1. The summed E-state index contributed by atoms with van der Waals surface area (Å²) in [7, 11) is 1.66. The number of benzene rings is 3. The molecule has 0 radical (unpaired) electrons. The lowest BCUT2D eigenvalue weighted by Crippen LogP contribution is -2.26. The average Bonchev–Trinajstić information content (AvgIpc) is 3.18. The molecule has 0 aliphatic carbocycles. The summed E-state index contributed by atoms with van der Waals surface area (Å²) >= 11 is 0. The van der Waals surface area contributed by atoms with E-state index in [2.05, 4.69) is 22.6 Å². The molecule has 1 aromatic heterocycles. The highest BCUT2D eigenvalue weighted by molar-refractivity contribution is 5.74. The maximum atomic E-state index is 12.0. The molecule has 0 aliphatic rings. The summed E-state index contributed by atoms with van der Waals surface area (Å²) in [6, 6.07) is 23.7. The Hall–Kier alpha value is -4.06. The number of hydrogen-bond acceptors (Lipinski definition) is 5. The molecule has 6 heteroatoms. The molecule has 1 atom stereocenters. The van der Waals surface area contributed by atoms with Crippen LogP contribution in [0.25, 0.3) is 11.1 Å². The van der Waals surface area contributed by atoms with Crippen LogP contribution in [0.2, 0.25) is 0 Å². The SMILES string of the molecule is COc1ccc(-c2ccc(C(NC(C)=O)c3ccc(OCc4c(C)noc4C)cc3)cc2)cc1. The standard InChI is InChI=1S/C28H28N2O4/c1-18-27(19(2)34-30-18)17-33-26-15-11-24(12-16-26)28(29-20(3)31)23-7-5-21(6-8-23)22-9-13-25(32-4)14-10-22/h5-16,28H,17H2,1-4H3,(H,29,31). The van der Waals surface area contributed by atoms with Crippen molar-refractivity contribution in [3.63, 3.8) is 0 Å². The van der Waals surface area contributed by atoms with Gasteiger partial charge in [0.1, 0.15) is 23.9 Å². The molecular weight excluding hydrogens is 428 g/mol. The van der Waals surface area contributed by atoms with E-state index in [4.69, 9.17) is 14.0 Å². The highest BCUT2D eigenvalue weighted by atomic mass is 16.5. The maximum absolute atomic E-state index is 12.0. The maximum Gasteiger partial charge on any atom is 0.217 e. The minimum Gasteiger partial charge on any atom is -0.497 e. The van der Waals surface area contributed by atoms with Crippen molar-refractivity contribution in [1.82, 2.24) is 10.5 Å². The molecule has 0 spiro atoms. The molecule has 4 aromatic rings. The van der Waals surface area contributed by atoms with Gasteiger partial charge in [0.2, 0.25) is 5.91 Å². The molecule has 4 rings (SSSR count). The Bertz CT molecular complexity index is 1220. The molecule has 1 unspecified atom stereocenters. The largest absolute Gasteiger partial charge is 0.497 e. The lowest BCUT2D eigenvalue weighted by Gasteiger charge is -2.20. The molecule has 1 heterocycles. The van der Waals surface area contributed by atoms with Crippen LogP contribution in [0.1, 0.15) is 41.1 Å². The summed E-state index contributed by atoms with van der Waals surface area (Å²) in [5, 5.41) is 7.02. The summed E-state index contributed by atoms with van der Waals surface area (Å²) in [6.45, 7) is 5.69. The van der Waals surface area contributed by atoms with Crippen molar-refractivity contribution >= 4 is 5.91 Å². The van der Waals surface area contributed by atoms with Crippen molar-refractivity contribution in [3.8, 4) is 22.6 Å². The van der Waals surface area contributed by atoms with E-state index in [1.54, 1.807) is 7.11 Å². The average molecular weight is 457 g/mol. The van der Waals surface area contributed by atoms with Gasteiger partial charge in [-0.3, -0.25) is 4.79 Å². The Morgan fingerprint density at radius 3 is 1.91 bits per heavy atom. The van der Waals surface area contributed by atoms with E-state index in [1.807, 2.05) is 74.5 Å². The molecule has 0 saturated heterocycles. The van der Waals surface area contributed by atoms with Crippen molar-refractivity contribution < 1.29 is 18.8 Å². The van der Waals surface area contributed by atoms with E-state index >= 15 is 0 Å². The van der Waals surface area contributed by atoms with Gasteiger partial charge in [-0.2, -0.15) is 0 Å². The normalized spacial score (nSPS) is 11.6. The van der Waals surface area contributed by atoms with Gasteiger partial charge in [-0.05, 0) is 60.4 Å². The number of aromatic nitrogens is 1. The predicted molar refractivity (Wildman–Crippen MR) is 131 cm³/mol. The van der Waals surface area contributed by atoms with Gasteiger partial charge in [0.15, 0.2) is 0 Å². The Morgan fingerprint density at radius 2 is 1.41 bits per heavy atom.